The number of rotatable bonds is 2. The van der Waals surface area contributed by atoms with Crippen molar-refractivity contribution in [3.63, 3.8) is 0 Å². The minimum atomic E-state index is 0.344. The highest BCUT2D eigenvalue weighted by Gasteiger charge is 2.25. The molecule has 96 valence electrons. The van der Waals surface area contributed by atoms with Gasteiger partial charge in [0.05, 0.1) is 8.66 Å². The maximum Gasteiger partial charge on any atom is 0.230 e. The highest BCUT2D eigenvalue weighted by Crippen LogP contribution is 2.34. The topological polar surface area (TPSA) is 64.9 Å². The van der Waals surface area contributed by atoms with Crippen molar-refractivity contribution in [2.24, 2.45) is 5.73 Å². The van der Waals surface area contributed by atoms with Crippen molar-refractivity contribution >= 4 is 27.3 Å². The van der Waals surface area contributed by atoms with Crippen molar-refractivity contribution in [2.45, 2.75) is 37.6 Å². The van der Waals surface area contributed by atoms with Crippen molar-refractivity contribution in [1.82, 2.24) is 10.1 Å². The van der Waals surface area contributed by atoms with E-state index in [4.69, 9.17) is 10.3 Å². The molecule has 1 fully saturated rings. The molecule has 2 aromatic heterocycles. The van der Waals surface area contributed by atoms with Gasteiger partial charge in [0.2, 0.25) is 11.7 Å². The van der Waals surface area contributed by atoms with Gasteiger partial charge in [0.15, 0.2) is 0 Å². The largest absolute Gasteiger partial charge is 0.339 e. The highest BCUT2D eigenvalue weighted by atomic mass is 79.9. The Morgan fingerprint density at radius 1 is 1.28 bits per heavy atom. The van der Waals surface area contributed by atoms with E-state index in [-0.39, 0.29) is 0 Å². The average Bonchev–Trinajstić information content (AvgIpc) is 2.98. The van der Waals surface area contributed by atoms with Crippen LogP contribution in [-0.2, 0) is 0 Å². The molecule has 0 unspecified atom stereocenters. The monoisotopic (exact) mass is 327 g/mol. The highest BCUT2D eigenvalue weighted by molar-refractivity contribution is 9.11. The Bertz CT molecular complexity index is 531. The fourth-order valence-electron chi connectivity index (χ4n) is 2.30. The van der Waals surface area contributed by atoms with Gasteiger partial charge in [0.1, 0.15) is 0 Å². The van der Waals surface area contributed by atoms with Gasteiger partial charge in [-0.15, -0.1) is 11.3 Å². The van der Waals surface area contributed by atoms with E-state index in [0.29, 0.717) is 17.8 Å². The summed E-state index contributed by atoms with van der Waals surface area (Å²) in [6.07, 6.45) is 4.20. The molecule has 18 heavy (non-hydrogen) atoms. The first-order chi connectivity index (χ1) is 8.72. The van der Waals surface area contributed by atoms with Crippen LogP contribution in [0.2, 0.25) is 0 Å². The molecule has 4 nitrogen and oxygen atoms in total. The number of halogens is 1. The quantitative estimate of drug-likeness (QED) is 0.916. The Labute approximate surface area is 118 Å². The maximum absolute atomic E-state index is 5.90. The summed E-state index contributed by atoms with van der Waals surface area (Å²) in [4.78, 5) is 5.55. The van der Waals surface area contributed by atoms with Gasteiger partial charge < -0.3 is 10.3 Å². The fourth-order valence-corrected chi connectivity index (χ4v) is 3.61. The van der Waals surface area contributed by atoms with Crippen LogP contribution in [0.5, 0.6) is 0 Å². The second kappa shape index (κ2) is 5.11. The van der Waals surface area contributed by atoms with Crippen molar-refractivity contribution in [3.05, 3.63) is 21.8 Å². The van der Waals surface area contributed by atoms with Crippen molar-refractivity contribution in [1.29, 1.82) is 0 Å². The number of thiophene rings is 1. The SMILES string of the molecule is NC1CCC(c2nc(-c3ccc(Br)s3)no2)CC1. The van der Waals surface area contributed by atoms with Crippen LogP contribution in [0.15, 0.2) is 20.4 Å². The molecule has 0 bridgehead atoms. The summed E-state index contributed by atoms with van der Waals surface area (Å²) in [6, 6.07) is 4.34. The molecule has 6 heteroatoms. The molecule has 2 heterocycles. The van der Waals surface area contributed by atoms with Gasteiger partial charge in [-0.1, -0.05) is 5.16 Å². The Morgan fingerprint density at radius 3 is 2.72 bits per heavy atom. The smallest absolute Gasteiger partial charge is 0.230 e. The molecular weight excluding hydrogens is 314 g/mol. The minimum absolute atomic E-state index is 0.344. The minimum Gasteiger partial charge on any atom is -0.339 e. The fraction of sp³-hybridized carbons (Fsp3) is 0.500. The summed E-state index contributed by atoms with van der Waals surface area (Å²) in [5.74, 6) is 1.84. The first-order valence-corrected chi connectivity index (χ1v) is 7.68. The van der Waals surface area contributed by atoms with E-state index in [1.54, 1.807) is 11.3 Å². The molecular formula is C12H14BrN3OS. The standard InChI is InChI=1S/C12H14BrN3OS/c13-10-6-5-9(18-10)11-15-12(17-16-11)7-1-3-8(14)4-2-7/h5-8H,1-4,14H2. The van der Waals surface area contributed by atoms with E-state index in [1.165, 1.54) is 0 Å². The second-order valence-electron chi connectivity index (χ2n) is 4.67. The molecule has 1 aliphatic rings. The first-order valence-electron chi connectivity index (χ1n) is 6.07. The third kappa shape index (κ3) is 2.50. The number of nitrogens with zero attached hydrogens (tertiary/aromatic N) is 2. The van der Waals surface area contributed by atoms with Gasteiger partial charge in [0.25, 0.3) is 0 Å². The van der Waals surface area contributed by atoms with E-state index in [9.17, 15) is 0 Å². The van der Waals surface area contributed by atoms with Gasteiger partial charge in [-0.2, -0.15) is 4.98 Å². The molecule has 0 aromatic carbocycles. The second-order valence-corrected chi connectivity index (χ2v) is 7.13. The third-order valence-electron chi connectivity index (χ3n) is 3.36. The Kier molecular flexibility index (Phi) is 3.50. The maximum atomic E-state index is 5.90. The molecule has 0 spiro atoms. The van der Waals surface area contributed by atoms with Crippen molar-refractivity contribution in [2.75, 3.05) is 0 Å². The van der Waals surface area contributed by atoms with E-state index >= 15 is 0 Å². The normalized spacial score (nSPS) is 24.3. The lowest BCUT2D eigenvalue weighted by Gasteiger charge is -2.22. The lowest BCUT2D eigenvalue weighted by atomic mass is 9.86. The van der Waals surface area contributed by atoms with E-state index < -0.39 is 0 Å². The van der Waals surface area contributed by atoms with E-state index in [2.05, 4.69) is 26.1 Å². The van der Waals surface area contributed by atoms with Crippen LogP contribution in [0.3, 0.4) is 0 Å². The Balaban J connectivity index is 1.77. The summed E-state index contributed by atoms with van der Waals surface area (Å²) in [5, 5.41) is 4.07. The van der Waals surface area contributed by atoms with Crippen molar-refractivity contribution in [3.8, 4) is 10.7 Å². The van der Waals surface area contributed by atoms with Crippen LogP contribution in [0.25, 0.3) is 10.7 Å². The number of hydrogen-bond donors (Lipinski definition) is 1. The molecule has 0 amide bonds. The van der Waals surface area contributed by atoms with Crippen LogP contribution in [0.4, 0.5) is 0 Å². The van der Waals surface area contributed by atoms with E-state index in [0.717, 1.165) is 40.2 Å². The summed E-state index contributed by atoms with van der Waals surface area (Å²) in [5.41, 5.74) is 5.90. The van der Waals surface area contributed by atoms with Crippen LogP contribution in [0.1, 0.15) is 37.5 Å². The summed E-state index contributed by atoms with van der Waals surface area (Å²) >= 11 is 5.05. The predicted molar refractivity (Wildman–Crippen MR) is 74.5 cm³/mol. The zero-order valence-corrected chi connectivity index (χ0v) is 12.2. The zero-order chi connectivity index (χ0) is 12.5. The zero-order valence-electron chi connectivity index (χ0n) is 9.80. The molecule has 2 N–H and O–H groups in total. The van der Waals surface area contributed by atoms with Crippen LogP contribution in [0, 0.1) is 0 Å². The molecule has 3 rings (SSSR count). The van der Waals surface area contributed by atoms with Crippen molar-refractivity contribution < 1.29 is 4.52 Å². The summed E-state index contributed by atoms with van der Waals surface area (Å²) in [6.45, 7) is 0. The summed E-state index contributed by atoms with van der Waals surface area (Å²) < 4.78 is 6.47. The van der Waals surface area contributed by atoms with Crippen LogP contribution < -0.4 is 5.73 Å². The predicted octanol–water partition coefficient (Wildman–Crippen LogP) is 3.55. The molecule has 0 aliphatic heterocycles. The Hall–Kier alpha value is -0.720. The lowest BCUT2D eigenvalue weighted by Crippen LogP contribution is -2.25. The molecule has 1 saturated carbocycles. The van der Waals surface area contributed by atoms with E-state index in [1.807, 2.05) is 12.1 Å². The number of aromatic nitrogens is 2. The molecule has 1 aliphatic carbocycles. The van der Waals surface area contributed by atoms with Gasteiger partial charge in [-0.3, -0.25) is 0 Å². The lowest BCUT2D eigenvalue weighted by molar-refractivity contribution is 0.301. The molecule has 0 atom stereocenters. The molecule has 0 radical (unpaired) electrons. The van der Waals surface area contributed by atoms with Crippen LogP contribution >= 0.6 is 27.3 Å². The van der Waals surface area contributed by atoms with Gasteiger partial charge in [-0.25, -0.2) is 0 Å². The van der Waals surface area contributed by atoms with Gasteiger partial charge in [0, 0.05) is 12.0 Å². The Morgan fingerprint density at radius 2 is 2.06 bits per heavy atom. The average molecular weight is 328 g/mol. The number of hydrogen-bond acceptors (Lipinski definition) is 5. The summed E-state index contributed by atoms with van der Waals surface area (Å²) in [7, 11) is 0. The number of nitrogens with two attached hydrogens (primary N) is 1. The molecule has 2 aromatic rings. The third-order valence-corrected chi connectivity index (χ3v) is 4.98. The van der Waals surface area contributed by atoms with Gasteiger partial charge in [-0.05, 0) is 53.7 Å². The first kappa shape index (κ1) is 12.3. The van der Waals surface area contributed by atoms with Crippen LogP contribution in [-0.4, -0.2) is 16.2 Å². The molecule has 0 saturated heterocycles. The van der Waals surface area contributed by atoms with Gasteiger partial charge >= 0.3 is 0 Å².